The third-order valence-electron chi connectivity index (χ3n) is 3.65. The van der Waals surface area contributed by atoms with E-state index in [9.17, 15) is 9.59 Å². The predicted molar refractivity (Wildman–Crippen MR) is 76.8 cm³/mol. The van der Waals surface area contributed by atoms with E-state index in [1.165, 1.54) is 7.11 Å². The average Bonchev–Trinajstić information content (AvgIpc) is 2.91. The molecule has 6 heteroatoms. The van der Waals surface area contributed by atoms with Crippen molar-refractivity contribution in [1.82, 2.24) is 10.2 Å². The van der Waals surface area contributed by atoms with Gasteiger partial charge in [0, 0.05) is 12.2 Å². The molecule has 3 N–H and O–H groups in total. The first-order valence-electron chi connectivity index (χ1n) is 6.99. The van der Waals surface area contributed by atoms with Crippen LogP contribution in [0.3, 0.4) is 0 Å². The molecule has 1 rings (SSSR count). The maximum absolute atomic E-state index is 12.6. The van der Waals surface area contributed by atoms with Crippen LogP contribution in [0.25, 0.3) is 0 Å². The molecule has 0 spiro atoms. The summed E-state index contributed by atoms with van der Waals surface area (Å²) in [5, 5.41) is 2.61. The van der Waals surface area contributed by atoms with Gasteiger partial charge in [-0.15, -0.1) is 0 Å². The van der Waals surface area contributed by atoms with Crippen LogP contribution in [0.4, 0.5) is 4.79 Å². The van der Waals surface area contributed by atoms with E-state index >= 15 is 0 Å². The summed E-state index contributed by atoms with van der Waals surface area (Å²) >= 11 is 0. The molecule has 0 aromatic carbocycles. The predicted octanol–water partition coefficient (Wildman–Crippen LogP) is 1.22. The number of hydrogen-bond donors (Lipinski definition) is 2. The Morgan fingerprint density at radius 1 is 1.45 bits per heavy atom. The van der Waals surface area contributed by atoms with Crippen LogP contribution in [0.5, 0.6) is 0 Å². The molecule has 114 valence electrons. The zero-order valence-corrected chi connectivity index (χ0v) is 12.7. The second-order valence-corrected chi connectivity index (χ2v) is 5.34. The Morgan fingerprint density at radius 3 is 2.60 bits per heavy atom. The van der Waals surface area contributed by atoms with Crippen molar-refractivity contribution in [2.45, 2.75) is 45.7 Å². The molecule has 2 atom stereocenters. The third-order valence-corrected chi connectivity index (χ3v) is 3.65. The number of hydrogen-bond acceptors (Lipinski definition) is 4. The Bertz CT molecular complexity index is 393. The number of nitrogens with two attached hydrogens (primary N) is 1. The molecule has 1 heterocycles. The lowest BCUT2D eigenvalue weighted by Crippen LogP contribution is -2.53. The van der Waals surface area contributed by atoms with Crippen molar-refractivity contribution in [1.29, 1.82) is 0 Å². The number of carbonyl (C=O) groups excluding carboxylic acids is 2. The van der Waals surface area contributed by atoms with E-state index < -0.39 is 12.1 Å². The molecule has 0 aromatic heterocycles. The van der Waals surface area contributed by atoms with E-state index in [1.54, 1.807) is 4.90 Å². The number of rotatable bonds is 4. The number of carbonyl (C=O) groups is 2. The summed E-state index contributed by atoms with van der Waals surface area (Å²) in [5.74, 6) is -0.118. The van der Waals surface area contributed by atoms with Gasteiger partial charge in [-0.3, -0.25) is 4.79 Å². The number of likely N-dealkylation sites (tertiary alicyclic amines) is 1. The van der Waals surface area contributed by atoms with Gasteiger partial charge in [0.1, 0.15) is 6.04 Å². The molecule has 1 aliphatic heterocycles. The molecular weight excluding hydrogens is 258 g/mol. The molecule has 0 radical (unpaired) electrons. The summed E-state index contributed by atoms with van der Waals surface area (Å²) in [7, 11) is 1.29. The summed E-state index contributed by atoms with van der Waals surface area (Å²) in [5.41, 5.74) is 6.67. The fraction of sp³-hybridized carbons (Fsp3) is 0.714. The van der Waals surface area contributed by atoms with E-state index in [0.717, 1.165) is 12.8 Å². The Kier molecular flexibility index (Phi) is 5.85. The zero-order valence-electron chi connectivity index (χ0n) is 12.7. The van der Waals surface area contributed by atoms with Crippen LogP contribution >= 0.6 is 0 Å². The summed E-state index contributed by atoms with van der Waals surface area (Å²) in [4.78, 5) is 25.8. The van der Waals surface area contributed by atoms with Gasteiger partial charge in [0.2, 0.25) is 5.91 Å². The average molecular weight is 283 g/mol. The number of amides is 2. The number of allylic oxidation sites excluding steroid dienone is 1. The minimum atomic E-state index is -0.591. The Labute approximate surface area is 120 Å². The number of nitrogens with one attached hydrogen (secondary N) is 1. The van der Waals surface area contributed by atoms with Gasteiger partial charge in [-0.25, -0.2) is 4.79 Å². The first-order chi connectivity index (χ1) is 9.42. The van der Waals surface area contributed by atoms with Crippen LogP contribution in [0.1, 0.15) is 33.6 Å². The molecule has 0 bridgehead atoms. The van der Waals surface area contributed by atoms with Crippen LogP contribution < -0.4 is 11.1 Å². The lowest BCUT2D eigenvalue weighted by Gasteiger charge is -2.31. The maximum Gasteiger partial charge on any atom is 0.407 e. The van der Waals surface area contributed by atoms with Gasteiger partial charge in [-0.05, 0) is 25.7 Å². The van der Waals surface area contributed by atoms with E-state index in [4.69, 9.17) is 5.73 Å². The van der Waals surface area contributed by atoms with E-state index in [2.05, 4.69) is 10.1 Å². The van der Waals surface area contributed by atoms with Crippen LogP contribution in [-0.2, 0) is 9.53 Å². The highest BCUT2D eigenvalue weighted by Crippen LogP contribution is 2.23. The van der Waals surface area contributed by atoms with Crippen molar-refractivity contribution in [2.24, 2.45) is 11.7 Å². The number of alkyl carbamates (subject to hydrolysis) is 1. The van der Waals surface area contributed by atoms with Crippen LogP contribution in [0.15, 0.2) is 11.8 Å². The first-order valence-corrected chi connectivity index (χ1v) is 6.99. The molecule has 1 saturated heterocycles. The van der Waals surface area contributed by atoms with Crippen LogP contribution in [-0.4, -0.2) is 42.6 Å². The molecule has 2 amide bonds. The third kappa shape index (κ3) is 3.65. The van der Waals surface area contributed by atoms with Gasteiger partial charge in [-0.2, -0.15) is 0 Å². The van der Waals surface area contributed by atoms with Crippen molar-refractivity contribution in [3.63, 3.8) is 0 Å². The Morgan fingerprint density at radius 2 is 2.10 bits per heavy atom. The monoisotopic (exact) mass is 283 g/mol. The molecule has 6 nitrogen and oxygen atoms in total. The van der Waals surface area contributed by atoms with Crippen LogP contribution in [0, 0.1) is 5.92 Å². The SMILES string of the molecule is C/C=C(\N)C1CCCN1C(=O)[C@@H](NC(=O)OC)C(C)C. The molecule has 0 saturated carbocycles. The summed E-state index contributed by atoms with van der Waals surface area (Å²) in [6.45, 7) is 6.32. The highest BCUT2D eigenvalue weighted by Gasteiger charge is 2.36. The zero-order chi connectivity index (χ0) is 15.3. The Hall–Kier alpha value is -1.72. The molecule has 1 fully saturated rings. The van der Waals surface area contributed by atoms with E-state index in [-0.39, 0.29) is 17.9 Å². The minimum Gasteiger partial charge on any atom is -0.453 e. The van der Waals surface area contributed by atoms with Gasteiger partial charge in [-0.1, -0.05) is 19.9 Å². The van der Waals surface area contributed by atoms with Crippen molar-refractivity contribution in [3.05, 3.63) is 11.8 Å². The summed E-state index contributed by atoms with van der Waals surface area (Å²) in [6.07, 6.45) is 3.03. The van der Waals surface area contributed by atoms with Gasteiger partial charge < -0.3 is 20.7 Å². The van der Waals surface area contributed by atoms with Crippen molar-refractivity contribution in [2.75, 3.05) is 13.7 Å². The lowest BCUT2D eigenvalue weighted by molar-refractivity contribution is -0.134. The Balaban J connectivity index is 2.86. The highest BCUT2D eigenvalue weighted by molar-refractivity contribution is 5.86. The van der Waals surface area contributed by atoms with Gasteiger partial charge in [0.15, 0.2) is 0 Å². The fourth-order valence-electron chi connectivity index (χ4n) is 2.45. The van der Waals surface area contributed by atoms with Gasteiger partial charge in [0.25, 0.3) is 0 Å². The summed E-state index contributed by atoms with van der Waals surface area (Å²) < 4.78 is 4.58. The smallest absolute Gasteiger partial charge is 0.407 e. The quantitative estimate of drug-likeness (QED) is 0.812. The normalized spacial score (nSPS) is 20.9. The largest absolute Gasteiger partial charge is 0.453 e. The van der Waals surface area contributed by atoms with Crippen molar-refractivity contribution >= 4 is 12.0 Å². The fourth-order valence-corrected chi connectivity index (χ4v) is 2.45. The molecule has 1 unspecified atom stereocenters. The van der Waals surface area contributed by atoms with E-state index in [0.29, 0.717) is 12.2 Å². The topological polar surface area (TPSA) is 84.7 Å². The van der Waals surface area contributed by atoms with Crippen molar-refractivity contribution < 1.29 is 14.3 Å². The second kappa shape index (κ2) is 7.17. The highest BCUT2D eigenvalue weighted by atomic mass is 16.5. The minimum absolute atomic E-state index is 0.0188. The standard InChI is InChI=1S/C14H25N3O3/c1-5-10(15)11-7-6-8-17(11)13(18)12(9(2)3)16-14(19)20-4/h5,9,11-12H,6-8,15H2,1-4H3,(H,16,19)/b10-5-/t11?,12-/m0/s1. The second-order valence-electron chi connectivity index (χ2n) is 5.34. The molecular formula is C14H25N3O3. The number of nitrogens with zero attached hydrogens (tertiary/aromatic N) is 1. The molecule has 0 aliphatic carbocycles. The lowest BCUT2D eigenvalue weighted by atomic mass is 10.0. The molecule has 1 aliphatic rings. The number of ether oxygens (including phenoxy) is 1. The van der Waals surface area contributed by atoms with Crippen molar-refractivity contribution in [3.8, 4) is 0 Å². The maximum atomic E-state index is 12.6. The van der Waals surface area contributed by atoms with Crippen LogP contribution in [0.2, 0.25) is 0 Å². The first kappa shape index (κ1) is 16.3. The summed E-state index contributed by atoms with van der Waals surface area (Å²) in [6, 6.07) is -0.652. The molecule has 0 aromatic rings. The van der Waals surface area contributed by atoms with Gasteiger partial charge >= 0.3 is 6.09 Å². The number of methoxy groups -OCH3 is 1. The van der Waals surface area contributed by atoms with E-state index in [1.807, 2.05) is 26.8 Å². The molecule has 20 heavy (non-hydrogen) atoms. The van der Waals surface area contributed by atoms with Gasteiger partial charge in [0.05, 0.1) is 13.2 Å².